The Morgan fingerprint density at radius 1 is 1.38 bits per heavy atom. The average molecular weight is 287 g/mol. The van der Waals surface area contributed by atoms with E-state index in [4.69, 9.17) is 4.74 Å². The van der Waals surface area contributed by atoms with E-state index in [1.807, 2.05) is 6.33 Å². The highest BCUT2D eigenvalue weighted by atomic mass is 16.5. The van der Waals surface area contributed by atoms with E-state index < -0.39 is 0 Å². The molecule has 1 aliphatic rings. The second kappa shape index (κ2) is 6.16. The van der Waals surface area contributed by atoms with Crippen LogP contribution < -0.4 is 5.32 Å². The molecule has 21 heavy (non-hydrogen) atoms. The molecule has 2 unspecified atom stereocenters. The fourth-order valence-electron chi connectivity index (χ4n) is 2.99. The summed E-state index contributed by atoms with van der Waals surface area (Å²) in [7, 11) is 0. The lowest BCUT2D eigenvalue weighted by Crippen LogP contribution is -2.30. The normalized spacial score (nSPS) is 20.2. The van der Waals surface area contributed by atoms with Crippen LogP contribution in [0.25, 0.3) is 11.0 Å². The zero-order chi connectivity index (χ0) is 14.8. The van der Waals surface area contributed by atoms with Crippen molar-refractivity contribution in [1.29, 1.82) is 0 Å². The van der Waals surface area contributed by atoms with Crippen LogP contribution in [0.1, 0.15) is 36.9 Å². The number of ether oxygens (including phenoxy) is 1. The van der Waals surface area contributed by atoms with Crippen LogP contribution in [0.3, 0.4) is 0 Å². The van der Waals surface area contributed by atoms with Crippen LogP contribution in [0.5, 0.6) is 0 Å². The van der Waals surface area contributed by atoms with Crippen molar-refractivity contribution in [2.45, 2.75) is 45.8 Å². The molecule has 2 aromatic rings. The molecule has 114 valence electrons. The molecule has 3 rings (SSSR count). The van der Waals surface area contributed by atoms with Gasteiger partial charge in [0.1, 0.15) is 0 Å². The number of hydrogen-bond acceptors (Lipinski definition) is 3. The van der Waals surface area contributed by atoms with Crippen molar-refractivity contribution in [1.82, 2.24) is 14.9 Å². The molecule has 0 bridgehead atoms. The molecule has 2 heterocycles. The minimum atomic E-state index is 0.388. The maximum atomic E-state index is 5.64. The van der Waals surface area contributed by atoms with Crippen LogP contribution in [0.4, 0.5) is 0 Å². The molecule has 0 spiro atoms. The van der Waals surface area contributed by atoms with Gasteiger partial charge in [-0.25, -0.2) is 4.98 Å². The lowest BCUT2D eigenvalue weighted by molar-refractivity contribution is 0.109. The molecule has 4 heteroatoms. The topological polar surface area (TPSA) is 39.1 Å². The molecule has 2 atom stereocenters. The first kappa shape index (κ1) is 14.5. The summed E-state index contributed by atoms with van der Waals surface area (Å²) in [5, 5.41) is 3.53. The predicted octanol–water partition coefficient (Wildman–Crippen LogP) is 2.98. The van der Waals surface area contributed by atoms with Gasteiger partial charge in [-0.2, -0.15) is 0 Å². The Balaban J connectivity index is 1.66. The molecule has 1 fully saturated rings. The third-order valence-corrected chi connectivity index (χ3v) is 4.50. The Morgan fingerprint density at radius 3 is 2.95 bits per heavy atom. The van der Waals surface area contributed by atoms with E-state index in [0.717, 1.165) is 25.2 Å². The highest BCUT2D eigenvalue weighted by Crippen LogP contribution is 2.21. The van der Waals surface area contributed by atoms with Crippen molar-refractivity contribution in [3.63, 3.8) is 0 Å². The van der Waals surface area contributed by atoms with Crippen LogP contribution in [0, 0.1) is 13.8 Å². The maximum absolute atomic E-state index is 5.64. The Bertz CT molecular complexity index is 614. The maximum Gasteiger partial charge on any atom is 0.0961 e. The number of fused-ring (bicyclic) bond motifs is 1. The number of aromatic nitrogens is 2. The first-order chi connectivity index (χ1) is 10.1. The van der Waals surface area contributed by atoms with Crippen LogP contribution in [-0.2, 0) is 4.74 Å². The van der Waals surface area contributed by atoms with E-state index in [-0.39, 0.29) is 0 Å². The summed E-state index contributed by atoms with van der Waals surface area (Å²) in [6.07, 6.45) is 4.75. The molecule has 1 aliphatic heterocycles. The molecule has 0 saturated carbocycles. The first-order valence-electron chi connectivity index (χ1n) is 7.91. The summed E-state index contributed by atoms with van der Waals surface area (Å²) in [5.41, 5.74) is 4.94. The third-order valence-electron chi connectivity index (χ3n) is 4.50. The van der Waals surface area contributed by atoms with Crippen molar-refractivity contribution in [3.05, 3.63) is 29.6 Å². The van der Waals surface area contributed by atoms with Gasteiger partial charge in [0.25, 0.3) is 0 Å². The summed E-state index contributed by atoms with van der Waals surface area (Å²) in [5.74, 6) is 0. The Morgan fingerprint density at radius 2 is 2.19 bits per heavy atom. The monoisotopic (exact) mass is 287 g/mol. The van der Waals surface area contributed by atoms with Crippen molar-refractivity contribution < 1.29 is 4.74 Å². The van der Waals surface area contributed by atoms with Crippen molar-refractivity contribution in [3.8, 4) is 0 Å². The van der Waals surface area contributed by atoms with Gasteiger partial charge in [-0.3, -0.25) is 0 Å². The molecule has 0 aliphatic carbocycles. The second-order valence-corrected chi connectivity index (χ2v) is 6.22. The average Bonchev–Trinajstić information content (AvgIpc) is 3.09. The van der Waals surface area contributed by atoms with Crippen molar-refractivity contribution in [2.75, 3.05) is 19.7 Å². The van der Waals surface area contributed by atoms with E-state index in [9.17, 15) is 0 Å². The van der Waals surface area contributed by atoms with Gasteiger partial charge in [-0.05, 0) is 56.9 Å². The Kier molecular flexibility index (Phi) is 4.27. The summed E-state index contributed by atoms with van der Waals surface area (Å²) in [4.78, 5) is 4.54. The quantitative estimate of drug-likeness (QED) is 0.919. The fraction of sp³-hybridized carbons (Fsp3) is 0.588. The summed E-state index contributed by atoms with van der Waals surface area (Å²) in [6.45, 7) is 9.35. The Labute approximate surface area is 126 Å². The van der Waals surface area contributed by atoms with Crippen molar-refractivity contribution >= 4 is 11.0 Å². The molecule has 1 N–H and O–H groups in total. The molecule has 0 radical (unpaired) electrons. The van der Waals surface area contributed by atoms with Crippen LogP contribution >= 0.6 is 0 Å². The predicted molar refractivity (Wildman–Crippen MR) is 85.8 cm³/mol. The number of benzene rings is 1. The SMILES string of the molecule is Cc1cc2ncn(C(C)CNCC3CCCO3)c2cc1C. The highest BCUT2D eigenvalue weighted by molar-refractivity contribution is 5.77. The number of imidazole rings is 1. The minimum Gasteiger partial charge on any atom is -0.377 e. The number of rotatable bonds is 5. The lowest BCUT2D eigenvalue weighted by atomic mass is 10.1. The minimum absolute atomic E-state index is 0.388. The number of nitrogens with one attached hydrogen (secondary N) is 1. The van der Waals surface area contributed by atoms with E-state index in [1.165, 1.54) is 29.5 Å². The van der Waals surface area contributed by atoms with Crippen molar-refractivity contribution in [2.24, 2.45) is 0 Å². The summed E-state index contributed by atoms with van der Waals surface area (Å²) in [6, 6.07) is 4.81. The number of hydrogen-bond donors (Lipinski definition) is 1. The molecule has 0 amide bonds. The van der Waals surface area contributed by atoms with E-state index >= 15 is 0 Å². The van der Waals surface area contributed by atoms with Crippen LogP contribution in [-0.4, -0.2) is 35.4 Å². The highest BCUT2D eigenvalue weighted by Gasteiger charge is 2.16. The zero-order valence-electron chi connectivity index (χ0n) is 13.2. The van der Waals surface area contributed by atoms with Gasteiger partial charge >= 0.3 is 0 Å². The molecule has 1 saturated heterocycles. The van der Waals surface area contributed by atoms with E-state index in [2.05, 4.69) is 47.8 Å². The fourth-order valence-corrected chi connectivity index (χ4v) is 2.99. The molecular weight excluding hydrogens is 262 g/mol. The van der Waals surface area contributed by atoms with E-state index in [1.54, 1.807) is 0 Å². The standard InChI is InChI=1S/C17H25N3O/c1-12-7-16-17(8-13(12)2)20(11-19-16)14(3)9-18-10-15-5-4-6-21-15/h7-8,11,14-15,18H,4-6,9-10H2,1-3H3. The van der Waals surface area contributed by atoms with Gasteiger partial charge in [-0.1, -0.05) is 0 Å². The number of aryl methyl sites for hydroxylation is 2. The van der Waals surface area contributed by atoms with E-state index in [0.29, 0.717) is 12.1 Å². The molecule has 1 aromatic heterocycles. The van der Waals surface area contributed by atoms with Gasteiger partial charge in [0.15, 0.2) is 0 Å². The smallest absolute Gasteiger partial charge is 0.0961 e. The first-order valence-corrected chi connectivity index (χ1v) is 7.91. The molecular formula is C17H25N3O. The van der Waals surface area contributed by atoms with Gasteiger partial charge < -0.3 is 14.6 Å². The lowest BCUT2D eigenvalue weighted by Gasteiger charge is -2.17. The van der Waals surface area contributed by atoms with Gasteiger partial charge in [0.2, 0.25) is 0 Å². The van der Waals surface area contributed by atoms with Gasteiger partial charge in [0.05, 0.1) is 23.5 Å². The Hall–Kier alpha value is -1.39. The molecule has 1 aromatic carbocycles. The summed E-state index contributed by atoms with van der Waals surface area (Å²) >= 11 is 0. The third kappa shape index (κ3) is 3.11. The van der Waals surface area contributed by atoms with Gasteiger partial charge in [0, 0.05) is 25.7 Å². The summed E-state index contributed by atoms with van der Waals surface area (Å²) < 4.78 is 7.91. The molecule has 4 nitrogen and oxygen atoms in total. The van der Waals surface area contributed by atoms with Crippen LogP contribution in [0.15, 0.2) is 18.5 Å². The zero-order valence-corrected chi connectivity index (χ0v) is 13.2. The number of nitrogens with zero attached hydrogens (tertiary/aromatic N) is 2. The largest absolute Gasteiger partial charge is 0.377 e. The van der Waals surface area contributed by atoms with Crippen LogP contribution in [0.2, 0.25) is 0 Å². The second-order valence-electron chi connectivity index (χ2n) is 6.22. The van der Waals surface area contributed by atoms with Gasteiger partial charge in [-0.15, -0.1) is 0 Å².